The molecule has 1 fully saturated rings. The fourth-order valence-electron chi connectivity index (χ4n) is 3.16. The number of nitrogens with zero attached hydrogens (tertiary/aromatic N) is 1. The number of amides is 2. The molecule has 0 spiro atoms. The average molecular weight is 357 g/mol. The molecule has 25 heavy (non-hydrogen) atoms. The van der Waals surface area contributed by atoms with Crippen molar-refractivity contribution in [2.75, 3.05) is 6.61 Å². The zero-order valence-electron chi connectivity index (χ0n) is 14.0. The molecule has 1 heterocycles. The van der Waals surface area contributed by atoms with Gasteiger partial charge in [-0.25, -0.2) is 9.69 Å². The maximum atomic E-state index is 12.9. The van der Waals surface area contributed by atoms with Crippen LogP contribution in [0.15, 0.2) is 18.2 Å². The molecule has 0 saturated carbocycles. The normalized spacial score (nSPS) is 23.3. The van der Waals surface area contributed by atoms with E-state index in [1.54, 1.807) is 20.8 Å². The van der Waals surface area contributed by atoms with Gasteiger partial charge in [-0.3, -0.25) is 4.79 Å². The Morgan fingerprint density at radius 1 is 1.28 bits per heavy atom. The molecule has 5 nitrogen and oxygen atoms in total. The van der Waals surface area contributed by atoms with E-state index in [0.29, 0.717) is 11.1 Å². The van der Waals surface area contributed by atoms with Crippen molar-refractivity contribution in [1.82, 2.24) is 4.90 Å². The minimum atomic E-state index is -4.45. The van der Waals surface area contributed by atoms with Crippen molar-refractivity contribution < 1.29 is 32.2 Å². The minimum absolute atomic E-state index is 0.205. The van der Waals surface area contributed by atoms with Gasteiger partial charge in [-0.2, -0.15) is 13.2 Å². The lowest BCUT2D eigenvalue weighted by Crippen LogP contribution is -2.51. The number of halogens is 3. The first-order valence-corrected chi connectivity index (χ1v) is 7.84. The number of alkyl halides is 3. The molecule has 1 aliphatic heterocycles. The SMILES string of the molecule is CC(C)(C)OC(=O)N1C(=O)CO[C@@H]2Cc3cc(C(F)(F)F)ccc3[C@@H]21. The van der Waals surface area contributed by atoms with Crippen LogP contribution in [-0.2, 0) is 26.9 Å². The lowest BCUT2D eigenvalue weighted by molar-refractivity contribution is -0.153. The standard InChI is InChI=1S/C17H18F3NO4/c1-16(2,3)25-15(23)21-13(22)8-24-12-7-9-6-10(17(18,19)20)4-5-11(9)14(12)21/h4-6,12,14H,7-8H2,1-3H3/t12-,14+/m1/s1. The molecule has 0 unspecified atom stereocenters. The summed E-state index contributed by atoms with van der Waals surface area (Å²) in [4.78, 5) is 25.6. The summed E-state index contributed by atoms with van der Waals surface area (Å²) >= 11 is 0. The third-order valence-corrected chi connectivity index (χ3v) is 4.12. The number of imide groups is 1. The van der Waals surface area contributed by atoms with Crippen molar-refractivity contribution in [3.05, 3.63) is 34.9 Å². The van der Waals surface area contributed by atoms with Crippen LogP contribution in [-0.4, -0.2) is 35.2 Å². The van der Waals surface area contributed by atoms with E-state index in [1.165, 1.54) is 6.07 Å². The first-order valence-electron chi connectivity index (χ1n) is 7.84. The van der Waals surface area contributed by atoms with Gasteiger partial charge in [0, 0.05) is 6.42 Å². The topological polar surface area (TPSA) is 55.8 Å². The van der Waals surface area contributed by atoms with Gasteiger partial charge < -0.3 is 9.47 Å². The molecule has 136 valence electrons. The van der Waals surface area contributed by atoms with Crippen molar-refractivity contribution in [2.24, 2.45) is 0 Å². The van der Waals surface area contributed by atoms with Gasteiger partial charge in [0.2, 0.25) is 0 Å². The number of carbonyl (C=O) groups is 2. The molecule has 0 aromatic heterocycles. The van der Waals surface area contributed by atoms with Gasteiger partial charge in [0.05, 0.1) is 17.7 Å². The molecule has 1 aliphatic carbocycles. The summed E-state index contributed by atoms with van der Waals surface area (Å²) in [5, 5.41) is 0. The van der Waals surface area contributed by atoms with Crippen molar-refractivity contribution >= 4 is 12.0 Å². The molecule has 3 rings (SSSR count). The Morgan fingerprint density at radius 3 is 2.56 bits per heavy atom. The van der Waals surface area contributed by atoms with Crippen LogP contribution in [0.25, 0.3) is 0 Å². The summed E-state index contributed by atoms with van der Waals surface area (Å²) in [5.41, 5.74) is -0.655. The second-order valence-electron chi connectivity index (χ2n) is 7.15. The van der Waals surface area contributed by atoms with E-state index in [1.807, 2.05) is 0 Å². The van der Waals surface area contributed by atoms with Crippen LogP contribution >= 0.6 is 0 Å². The fourth-order valence-corrected chi connectivity index (χ4v) is 3.16. The van der Waals surface area contributed by atoms with Crippen LogP contribution in [0.3, 0.4) is 0 Å². The van der Waals surface area contributed by atoms with Crippen LogP contribution < -0.4 is 0 Å². The Labute approximate surface area is 142 Å². The third kappa shape index (κ3) is 3.35. The summed E-state index contributed by atoms with van der Waals surface area (Å²) < 4.78 is 49.5. The van der Waals surface area contributed by atoms with Gasteiger partial charge in [-0.1, -0.05) is 6.07 Å². The van der Waals surface area contributed by atoms with E-state index in [2.05, 4.69) is 0 Å². The lowest BCUT2D eigenvalue weighted by atomic mass is 10.0. The third-order valence-electron chi connectivity index (χ3n) is 4.12. The molecule has 0 radical (unpaired) electrons. The fraction of sp³-hybridized carbons (Fsp3) is 0.529. The first-order chi connectivity index (χ1) is 11.5. The Bertz CT molecular complexity index is 724. The average Bonchev–Trinajstić information content (AvgIpc) is 2.82. The van der Waals surface area contributed by atoms with Crippen LogP contribution in [0.5, 0.6) is 0 Å². The van der Waals surface area contributed by atoms with E-state index >= 15 is 0 Å². The Morgan fingerprint density at radius 2 is 1.96 bits per heavy atom. The van der Waals surface area contributed by atoms with Gasteiger partial charge in [0.15, 0.2) is 0 Å². The van der Waals surface area contributed by atoms with Crippen LogP contribution in [0, 0.1) is 0 Å². The van der Waals surface area contributed by atoms with Gasteiger partial charge in [-0.15, -0.1) is 0 Å². The van der Waals surface area contributed by atoms with Crippen LogP contribution in [0.2, 0.25) is 0 Å². The summed E-state index contributed by atoms with van der Waals surface area (Å²) in [5.74, 6) is -0.566. The van der Waals surface area contributed by atoms with Crippen LogP contribution in [0.4, 0.5) is 18.0 Å². The molecule has 2 amide bonds. The van der Waals surface area contributed by atoms with E-state index < -0.39 is 41.5 Å². The number of rotatable bonds is 0. The highest BCUT2D eigenvalue weighted by Crippen LogP contribution is 2.43. The molecule has 1 aromatic rings. The van der Waals surface area contributed by atoms with Crippen molar-refractivity contribution in [3.63, 3.8) is 0 Å². The van der Waals surface area contributed by atoms with E-state index in [0.717, 1.165) is 17.0 Å². The minimum Gasteiger partial charge on any atom is -0.443 e. The zero-order chi connectivity index (χ0) is 18.6. The number of ether oxygens (including phenoxy) is 2. The second kappa shape index (κ2) is 5.72. The molecule has 8 heteroatoms. The van der Waals surface area contributed by atoms with E-state index in [9.17, 15) is 22.8 Å². The number of morpholine rings is 1. The number of hydrogen-bond acceptors (Lipinski definition) is 4. The van der Waals surface area contributed by atoms with E-state index in [-0.39, 0.29) is 13.0 Å². The quantitative estimate of drug-likeness (QED) is 0.714. The Hall–Kier alpha value is -2.09. The molecular formula is C17H18F3NO4. The predicted molar refractivity (Wildman–Crippen MR) is 80.7 cm³/mol. The zero-order valence-corrected chi connectivity index (χ0v) is 14.0. The summed E-state index contributed by atoms with van der Waals surface area (Å²) in [6.07, 6.45) is -5.63. The second-order valence-corrected chi connectivity index (χ2v) is 7.15. The largest absolute Gasteiger partial charge is 0.443 e. The van der Waals surface area contributed by atoms with Crippen molar-refractivity contribution in [1.29, 1.82) is 0 Å². The molecular weight excluding hydrogens is 339 g/mol. The maximum absolute atomic E-state index is 12.9. The van der Waals surface area contributed by atoms with Crippen LogP contribution in [0.1, 0.15) is 43.5 Å². The summed E-state index contributed by atoms with van der Waals surface area (Å²) in [6.45, 7) is 4.71. The molecule has 0 bridgehead atoms. The van der Waals surface area contributed by atoms with Gasteiger partial charge in [0.25, 0.3) is 5.91 Å². The van der Waals surface area contributed by atoms with Gasteiger partial charge in [-0.05, 0) is 44.0 Å². The summed E-state index contributed by atoms with van der Waals surface area (Å²) in [7, 11) is 0. The number of benzene rings is 1. The Kier molecular flexibility index (Phi) is 4.06. The number of hydrogen-bond donors (Lipinski definition) is 0. The highest BCUT2D eigenvalue weighted by Gasteiger charge is 2.48. The maximum Gasteiger partial charge on any atom is 0.417 e. The summed E-state index contributed by atoms with van der Waals surface area (Å²) in [6, 6.07) is 2.54. The molecule has 2 atom stereocenters. The van der Waals surface area contributed by atoms with Gasteiger partial charge >= 0.3 is 12.3 Å². The van der Waals surface area contributed by atoms with Gasteiger partial charge in [0.1, 0.15) is 12.2 Å². The predicted octanol–water partition coefficient (Wildman–Crippen LogP) is 3.47. The Balaban J connectivity index is 1.97. The number of carbonyl (C=O) groups excluding carboxylic acids is 2. The molecule has 1 aromatic carbocycles. The van der Waals surface area contributed by atoms with Crippen molar-refractivity contribution in [3.8, 4) is 0 Å². The highest BCUT2D eigenvalue weighted by atomic mass is 19.4. The molecule has 1 saturated heterocycles. The smallest absolute Gasteiger partial charge is 0.417 e. The number of fused-ring (bicyclic) bond motifs is 3. The van der Waals surface area contributed by atoms with Crippen molar-refractivity contribution in [2.45, 2.75) is 51.1 Å². The molecule has 0 N–H and O–H groups in total. The first kappa shape index (κ1) is 17.7. The highest BCUT2D eigenvalue weighted by molar-refractivity contribution is 5.94. The molecule has 2 aliphatic rings. The lowest BCUT2D eigenvalue weighted by Gasteiger charge is -2.37. The van der Waals surface area contributed by atoms with E-state index in [4.69, 9.17) is 9.47 Å². The monoisotopic (exact) mass is 357 g/mol.